The molecule has 0 aliphatic carbocycles. The first-order valence-corrected chi connectivity index (χ1v) is 5.43. The highest BCUT2D eigenvalue weighted by Gasteiger charge is 2.16. The van der Waals surface area contributed by atoms with Crippen molar-refractivity contribution in [3.8, 4) is 0 Å². The number of hydrogen-bond acceptors (Lipinski definition) is 3. The molecule has 1 aromatic rings. The predicted molar refractivity (Wildman–Crippen MR) is 58.2 cm³/mol. The van der Waals surface area contributed by atoms with E-state index in [1.807, 2.05) is 0 Å². The lowest BCUT2D eigenvalue weighted by Crippen LogP contribution is -1.99. The van der Waals surface area contributed by atoms with E-state index in [9.17, 15) is 10.1 Å². The van der Waals surface area contributed by atoms with Gasteiger partial charge in [0.1, 0.15) is 0 Å². The first kappa shape index (κ1) is 12.0. The van der Waals surface area contributed by atoms with Crippen molar-refractivity contribution < 1.29 is 4.92 Å². The molecule has 1 aromatic heterocycles. The van der Waals surface area contributed by atoms with Crippen LogP contribution in [0.2, 0.25) is 0 Å². The second-order valence-corrected chi connectivity index (χ2v) is 3.78. The van der Waals surface area contributed by atoms with Crippen LogP contribution in [0.4, 0.5) is 5.82 Å². The quantitative estimate of drug-likeness (QED) is 0.327. The molecular weight excluding hydrogens is 218 g/mol. The van der Waals surface area contributed by atoms with Gasteiger partial charge in [0.05, 0.1) is 23.4 Å². The monoisotopic (exact) mass is 231 g/mol. The van der Waals surface area contributed by atoms with Crippen molar-refractivity contribution in [2.75, 3.05) is 5.88 Å². The Balaban J connectivity index is 2.48. The summed E-state index contributed by atoms with van der Waals surface area (Å²) in [5.74, 6) is 0.616. The molecule has 1 heterocycles. The number of nitro groups is 1. The number of halogens is 1. The van der Waals surface area contributed by atoms with Gasteiger partial charge in [0.2, 0.25) is 0 Å². The zero-order valence-electron chi connectivity index (χ0n) is 8.65. The molecule has 0 saturated carbocycles. The van der Waals surface area contributed by atoms with Gasteiger partial charge in [-0.2, -0.15) is 4.68 Å². The number of alkyl halides is 1. The van der Waals surface area contributed by atoms with Crippen LogP contribution >= 0.6 is 11.6 Å². The van der Waals surface area contributed by atoms with Crippen molar-refractivity contribution in [2.45, 2.75) is 32.7 Å². The molecule has 5 nitrogen and oxygen atoms in total. The van der Waals surface area contributed by atoms with Gasteiger partial charge in [0, 0.05) is 5.88 Å². The molecule has 6 heteroatoms. The maximum Gasteiger partial charge on any atom is 0.392 e. The lowest BCUT2D eigenvalue weighted by molar-refractivity contribution is -0.390. The van der Waals surface area contributed by atoms with Crippen LogP contribution in [0.1, 0.15) is 24.8 Å². The first-order valence-electron chi connectivity index (χ1n) is 4.89. The Labute approximate surface area is 93.2 Å². The first-order chi connectivity index (χ1) is 7.15. The van der Waals surface area contributed by atoms with Gasteiger partial charge in [0.25, 0.3) is 0 Å². The molecule has 0 aliphatic heterocycles. The molecule has 0 spiro atoms. The molecule has 0 aromatic carbocycles. The van der Waals surface area contributed by atoms with Crippen molar-refractivity contribution in [3.05, 3.63) is 21.9 Å². The third kappa shape index (κ3) is 3.51. The second kappa shape index (κ2) is 5.70. The second-order valence-electron chi connectivity index (χ2n) is 3.41. The van der Waals surface area contributed by atoms with Crippen molar-refractivity contribution in [2.24, 2.45) is 0 Å². The van der Waals surface area contributed by atoms with Crippen LogP contribution in [0.5, 0.6) is 0 Å². The zero-order chi connectivity index (χ0) is 11.3. The van der Waals surface area contributed by atoms with Gasteiger partial charge < -0.3 is 10.1 Å². The molecule has 1 rings (SSSR count). The summed E-state index contributed by atoms with van der Waals surface area (Å²) in [7, 11) is 0. The Kier molecular flexibility index (Phi) is 4.55. The van der Waals surface area contributed by atoms with Gasteiger partial charge in [-0.1, -0.05) is 6.42 Å². The predicted octanol–water partition coefficient (Wildman–Crippen LogP) is 2.51. The fourth-order valence-electron chi connectivity index (χ4n) is 1.35. The van der Waals surface area contributed by atoms with Crippen LogP contribution in [-0.4, -0.2) is 20.6 Å². The molecule has 84 valence electrons. The van der Waals surface area contributed by atoms with Crippen molar-refractivity contribution in [1.82, 2.24) is 9.78 Å². The van der Waals surface area contributed by atoms with Crippen LogP contribution in [0.3, 0.4) is 0 Å². The number of unbranched alkanes of at least 4 members (excludes halogenated alkanes) is 2. The molecule has 0 saturated heterocycles. The van der Waals surface area contributed by atoms with Crippen LogP contribution in [0, 0.1) is 17.0 Å². The molecule has 0 amide bonds. The van der Waals surface area contributed by atoms with Crippen LogP contribution in [0.15, 0.2) is 6.20 Å². The maximum absolute atomic E-state index is 10.5. The van der Waals surface area contributed by atoms with E-state index >= 15 is 0 Å². The van der Waals surface area contributed by atoms with E-state index in [0.717, 1.165) is 19.3 Å². The van der Waals surface area contributed by atoms with Gasteiger partial charge in [-0.25, -0.2) is 0 Å². The van der Waals surface area contributed by atoms with E-state index in [4.69, 9.17) is 11.6 Å². The normalized spacial score (nSPS) is 10.5. The summed E-state index contributed by atoms with van der Waals surface area (Å²) in [5, 5.41) is 14.4. The summed E-state index contributed by atoms with van der Waals surface area (Å²) in [6, 6.07) is 0. The largest absolute Gasteiger partial charge is 0.392 e. The summed E-state index contributed by atoms with van der Waals surface area (Å²) in [4.78, 5) is 10.1. The minimum absolute atomic E-state index is 0.0488. The summed E-state index contributed by atoms with van der Waals surface area (Å²) in [6.07, 6.45) is 4.66. The molecular formula is C9H14ClN3O2. The number of nitrogens with zero attached hydrogens (tertiary/aromatic N) is 3. The van der Waals surface area contributed by atoms with Crippen molar-refractivity contribution in [3.63, 3.8) is 0 Å². The standard InChI is InChI=1S/C9H14ClN3O2/c1-8-7-12(6-4-2-3-5-10)11-9(8)13(14)15/h7H,2-6H2,1H3. The smallest absolute Gasteiger partial charge is 0.358 e. The third-order valence-electron chi connectivity index (χ3n) is 2.11. The van der Waals surface area contributed by atoms with Gasteiger partial charge in [-0.15, -0.1) is 11.6 Å². The molecule has 0 N–H and O–H groups in total. The number of aromatic nitrogens is 2. The van der Waals surface area contributed by atoms with E-state index < -0.39 is 4.92 Å². The fraction of sp³-hybridized carbons (Fsp3) is 0.667. The maximum atomic E-state index is 10.5. The van der Waals surface area contributed by atoms with E-state index in [1.165, 1.54) is 0 Å². The number of aryl methyl sites for hydroxylation is 2. The Morgan fingerprint density at radius 3 is 2.80 bits per heavy atom. The Morgan fingerprint density at radius 1 is 1.53 bits per heavy atom. The van der Waals surface area contributed by atoms with Gasteiger partial charge in [0.15, 0.2) is 0 Å². The average molecular weight is 232 g/mol. The highest BCUT2D eigenvalue weighted by molar-refractivity contribution is 6.17. The van der Waals surface area contributed by atoms with E-state index in [0.29, 0.717) is 18.0 Å². The highest BCUT2D eigenvalue weighted by Crippen LogP contribution is 2.14. The van der Waals surface area contributed by atoms with Crippen LogP contribution in [0.25, 0.3) is 0 Å². The molecule has 0 radical (unpaired) electrons. The zero-order valence-corrected chi connectivity index (χ0v) is 9.40. The van der Waals surface area contributed by atoms with E-state index in [1.54, 1.807) is 17.8 Å². The molecule has 0 aliphatic rings. The molecule has 0 fully saturated rings. The number of hydrogen-bond donors (Lipinski definition) is 0. The lowest BCUT2D eigenvalue weighted by Gasteiger charge is -1.95. The molecule has 0 unspecified atom stereocenters. The van der Waals surface area contributed by atoms with Crippen LogP contribution < -0.4 is 0 Å². The fourth-order valence-corrected chi connectivity index (χ4v) is 1.54. The summed E-state index contributed by atoms with van der Waals surface area (Å²) in [6.45, 7) is 2.41. The molecule has 0 atom stereocenters. The van der Waals surface area contributed by atoms with Gasteiger partial charge >= 0.3 is 5.82 Å². The highest BCUT2D eigenvalue weighted by atomic mass is 35.5. The SMILES string of the molecule is Cc1cn(CCCCCCl)nc1[N+](=O)[O-]. The minimum Gasteiger partial charge on any atom is -0.358 e. The minimum atomic E-state index is -0.454. The lowest BCUT2D eigenvalue weighted by atomic mass is 10.2. The summed E-state index contributed by atoms with van der Waals surface area (Å²) in [5.41, 5.74) is 0.609. The van der Waals surface area contributed by atoms with Gasteiger partial charge in [-0.3, -0.25) is 0 Å². The average Bonchev–Trinajstić information content (AvgIpc) is 2.55. The Morgan fingerprint density at radius 2 is 2.27 bits per heavy atom. The topological polar surface area (TPSA) is 61.0 Å². The van der Waals surface area contributed by atoms with Crippen LogP contribution in [-0.2, 0) is 6.54 Å². The number of rotatable bonds is 6. The third-order valence-corrected chi connectivity index (χ3v) is 2.38. The molecule has 0 bridgehead atoms. The van der Waals surface area contributed by atoms with E-state index in [2.05, 4.69) is 5.10 Å². The Hall–Kier alpha value is -1.10. The molecule has 15 heavy (non-hydrogen) atoms. The Bertz CT molecular complexity index is 338. The van der Waals surface area contributed by atoms with Crippen molar-refractivity contribution in [1.29, 1.82) is 0 Å². The van der Waals surface area contributed by atoms with Crippen molar-refractivity contribution >= 4 is 17.4 Å². The van der Waals surface area contributed by atoms with E-state index in [-0.39, 0.29) is 5.82 Å². The summed E-state index contributed by atoms with van der Waals surface area (Å²) < 4.78 is 1.63. The summed E-state index contributed by atoms with van der Waals surface area (Å²) >= 11 is 5.54. The van der Waals surface area contributed by atoms with Gasteiger partial charge in [-0.05, 0) is 24.7 Å².